The van der Waals surface area contributed by atoms with Crippen molar-refractivity contribution in [2.24, 2.45) is 0 Å². The maximum Gasteiger partial charge on any atom is 0.329 e. The van der Waals surface area contributed by atoms with Gasteiger partial charge < -0.3 is 20.9 Å². The van der Waals surface area contributed by atoms with Crippen LogP contribution in [0.4, 0.5) is 5.69 Å². The number of hydrogen-bond acceptors (Lipinski definition) is 5. The molecule has 0 fully saturated rings. The Bertz CT molecular complexity index is 1140. The van der Waals surface area contributed by atoms with Crippen LogP contribution in [-0.2, 0) is 28.8 Å². The molecule has 4 N–H and O–H groups in total. The minimum absolute atomic E-state index is 0.229. The summed E-state index contributed by atoms with van der Waals surface area (Å²) in [5.41, 5.74) is 9.25. The van der Waals surface area contributed by atoms with E-state index in [0.717, 1.165) is 23.1 Å². The first-order valence-electron chi connectivity index (χ1n) is 11.8. The summed E-state index contributed by atoms with van der Waals surface area (Å²) in [4.78, 5) is 26.1. The van der Waals surface area contributed by atoms with Crippen molar-refractivity contribution in [2.75, 3.05) is 5.73 Å². The zero-order chi connectivity index (χ0) is 25.4. The number of rotatable bonds is 9. The quantitative estimate of drug-likeness (QED) is 0.304. The summed E-state index contributed by atoms with van der Waals surface area (Å²) in [6.45, 7) is 5.41. The lowest BCUT2D eigenvalue weighted by atomic mass is 10.0. The van der Waals surface area contributed by atoms with Crippen LogP contribution in [0.25, 0.3) is 0 Å². The van der Waals surface area contributed by atoms with Gasteiger partial charge in [0.05, 0.1) is 5.56 Å². The Morgan fingerprint density at radius 3 is 2.14 bits per heavy atom. The number of phenols is 1. The maximum absolute atomic E-state index is 13.2. The summed E-state index contributed by atoms with van der Waals surface area (Å²) >= 11 is 0. The summed E-state index contributed by atoms with van der Waals surface area (Å²) in [5.74, 6) is -0.645. The highest BCUT2D eigenvalue weighted by molar-refractivity contribution is 6.01. The number of hydrogen-bond donors (Lipinski definition) is 3. The van der Waals surface area contributed by atoms with Crippen LogP contribution >= 0.6 is 0 Å². The molecule has 1 amide bonds. The van der Waals surface area contributed by atoms with Crippen LogP contribution < -0.4 is 11.1 Å². The minimum Gasteiger partial charge on any atom is -0.508 e. The molecule has 0 spiro atoms. The predicted octanol–water partition coefficient (Wildman–Crippen LogP) is 4.83. The van der Waals surface area contributed by atoms with Gasteiger partial charge in [-0.15, -0.1) is 0 Å². The monoisotopic (exact) mass is 474 g/mol. The summed E-state index contributed by atoms with van der Waals surface area (Å²) in [7, 11) is 0. The third kappa shape index (κ3) is 8.18. The van der Waals surface area contributed by atoms with Gasteiger partial charge in [-0.05, 0) is 87.4 Å². The van der Waals surface area contributed by atoms with Crippen LogP contribution in [0.2, 0.25) is 0 Å². The highest BCUT2D eigenvalue weighted by Gasteiger charge is 2.27. The molecule has 0 aliphatic rings. The van der Waals surface area contributed by atoms with E-state index < -0.39 is 23.5 Å². The molecule has 6 nitrogen and oxygen atoms in total. The second-order valence-electron chi connectivity index (χ2n) is 9.67. The number of amides is 1. The van der Waals surface area contributed by atoms with Gasteiger partial charge in [0.2, 0.25) is 0 Å². The molecule has 0 radical (unpaired) electrons. The second kappa shape index (κ2) is 11.6. The zero-order valence-corrected chi connectivity index (χ0v) is 20.6. The number of ether oxygens (including phenoxy) is 1. The van der Waals surface area contributed by atoms with Gasteiger partial charge in [-0.3, -0.25) is 4.79 Å². The van der Waals surface area contributed by atoms with Crippen LogP contribution in [-0.4, -0.2) is 28.6 Å². The molecule has 35 heavy (non-hydrogen) atoms. The Morgan fingerprint density at radius 1 is 0.886 bits per heavy atom. The van der Waals surface area contributed by atoms with E-state index in [1.54, 1.807) is 45.0 Å². The fourth-order valence-corrected chi connectivity index (χ4v) is 3.72. The third-order valence-electron chi connectivity index (χ3n) is 5.56. The molecule has 0 aliphatic carbocycles. The lowest BCUT2D eigenvalue weighted by Gasteiger charge is -2.25. The van der Waals surface area contributed by atoms with Crippen molar-refractivity contribution < 1.29 is 19.4 Å². The fourth-order valence-electron chi connectivity index (χ4n) is 3.72. The van der Waals surface area contributed by atoms with Crippen molar-refractivity contribution in [2.45, 2.75) is 58.1 Å². The van der Waals surface area contributed by atoms with Crippen molar-refractivity contribution in [3.05, 3.63) is 95.1 Å². The number of phenolic OH excluding ortho intramolecular Hbond substituents is 1. The third-order valence-corrected chi connectivity index (χ3v) is 5.56. The molecule has 0 unspecified atom stereocenters. The van der Waals surface area contributed by atoms with Crippen LogP contribution in [0.3, 0.4) is 0 Å². The SMILES string of the molecule is CC(C)(C)OC(=O)[C@H](CCc1ccccc1)NC(=O)c1cc(CCc2ccc(O)cc2)ccc1N. The van der Waals surface area contributed by atoms with E-state index in [1.165, 1.54) is 0 Å². The number of benzene rings is 3. The van der Waals surface area contributed by atoms with Gasteiger partial charge >= 0.3 is 5.97 Å². The van der Waals surface area contributed by atoms with Gasteiger partial charge in [-0.2, -0.15) is 0 Å². The molecule has 3 rings (SSSR count). The van der Waals surface area contributed by atoms with E-state index in [9.17, 15) is 14.7 Å². The van der Waals surface area contributed by atoms with Gasteiger partial charge in [0.1, 0.15) is 17.4 Å². The summed E-state index contributed by atoms with van der Waals surface area (Å²) < 4.78 is 5.57. The lowest BCUT2D eigenvalue weighted by Crippen LogP contribution is -2.44. The first-order chi connectivity index (χ1) is 16.6. The second-order valence-corrected chi connectivity index (χ2v) is 9.67. The van der Waals surface area contributed by atoms with E-state index in [4.69, 9.17) is 10.5 Å². The average molecular weight is 475 g/mol. The number of nitrogens with two attached hydrogens (primary N) is 1. The smallest absolute Gasteiger partial charge is 0.329 e. The molecule has 3 aromatic carbocycles. The first kappa shape index (κ1) is 25.8. The van der Waals surface area contributed by atoms with Crippen molar-refractivity contribution in [1.29, 1.82) is 0 Å². The van der Waals surface area contributed by atoms with Crippen LogP contribution in [0, 0.1) is 0 Å². The van der Waals surface area contributed by atoms with Crippen molar-refractivity contribution in [3.63, 3.8) is 0 Å². The molecule has 6 heteroatoms. The summed E-state index contributed by atoms with van der Waals surface area (Å²) in [6, 6.07) is 21.4. The number of carbonyl (C=O) groups excluding carboxylic acids is 2. The summed E-state index contributed by atoms with van der Waals surface area (Å²) in [5, 5.41) is 12.3. The normalized spacial score (nSPS) is 12.1. The molecular weight excluding hydrogens is 440 g/mol. The fraction of sp³-hybridized carbons (Fsp3) is 0.310. The largest absolute Gasteiger partial charge is 0.508 e. The Kier molecular flexibility index (Phi) is 8.53. The molecule has 1 atom stereocenters. The number of aryl methyl sites for hydroxylation is 3. The highest BCUT2D eigenvalue weighted by atomic mass is 16.6. The van der Waals surface area contributed by atoms with Crippen LogP contribution in [0.15, 0.2) is 72.8 Å². The topological polar surface area (TPSA) is 102 Å². The number of aromatic hydroxyl groups is 1. The van der Waals surface area contributed by atoms with E-state index in [1.807, 2.05) is 48.5 Å². The maximum atomic E-state index is 13.2. The van der Waals surface area contributed by atoms with Gasteiger partial charge in [0.15, 0.2) is 0 Å². The van der Waals surface area contributed by atoms with Gasteiger partial charge in [0.25, 0.3) is 5.91 Å². The van der Waals surface area contributed by atoms with Crippen LogP contribution in [0.5, 0.6) is 5.75 Å². The molecule has 0 aromatic heterocycles. The number of esters is 1. The Labute approximate surface area is 207 Å². The van der Waals surface area contributed by atoms with E-state index in [-0.39, 0.29) is 5.75 Å². The van der Waals surface area contributed by atoms with Gasteiger partial charge in [-0.25, -0.2) is 4.79 Å². The zero-order valence-electron chi connectivity index (χ0n) is 20.6. The molecule has 0 saturated heterocycles. The number of anilines is 1. The predicted molar refractivity (Wildman–Crippen MR) is 138 cm³/mol. The van der Waals surface area contributed by atoms with Crippen molar-refractivity contribution >= 4 is 17.6 Å². The molecule has 0 bridgehead atoms. The van der Waals surface area contributed by atoms with E-state index >= 15 is 0 Å². The first-order valence-corrected chi connectivity index (χ1v) is 11.8. The molecule has 184 valence electrons. The Morgan fingerprint density at radius 2 is 1.49 bits per heavy atom. The van der Waals surface area contributed by atoms with Crippen LogP contribution in [0.1, 0.15) is 54.2 Å². The van der Waals surface area contributed by atoms with Gasteiger partial charge in [-0.1, -0.05) is 48.5 Å². The number of carbonyl (C=O) groups is 2. The molecule has 3 aromatic rings. The van der Waals surface area contributed by atoms with E-state index in [0.29, 0.717) is 30.5 Å². The Hall–Kier alpha value is -3.80. The minimum atomic E-state index is -0.804. The number of nitrogens with one attached hydrogen (secondary N) is 1. The van der Waals surface area contributed by atoms with Crippen molar-refractivity contribution in [3.8, 4) is 5.75 Å². The molecule has 0 aliphatic heterocycles. The van der Waals surface area contributed by atoms with Crippen molar-refractivity contribution in [1.82, 2.24) is 5.32 Å². The average Bonchev–Trinajstić information content (AvgIpc) is 2.81. The molecule has 0 saturated carbocycles. The summed E-state index contributed by atoms with van der Waals surface area (Å²) in [6.07, 6.45) is 2.48. The lowest BCUT2D eigenvalue weighted by molar-refractivity contribution is -0.157. The standard InChI is InChI=1S/C29H34N2O4/c1-29(2,3)35-28(34)26(18-14-20-7-5-4-6-8-20)31-27(33)24-19-22(13-17-25(24)30)10-9-21-11-15-23(32)16-12-21/h4-8,11-13,15-17,19,26,32H,9-10,14,18,30H2,1-3H3,(H,31,33)/t26-/m0/s1. The van der Waals surface area contributed by atoms with E-state index in [2.05, 4.69) is 5.32 Å². The highest BCUT2D eigenvalue weighted by Crippen LogP contribution is 2.19. The van der Waals surface area contributed by atoms with Gasteiger partial charge in [0, 0.05) is 5.69 Å². The Balaban J connectivity index is 1.72. The number of nitrogen functional groups attached to an aromatic ring is 1. The molecule has 0 heterocycles. The molecular formula is C29H34N2O4.